The summed E-state index contributed by atoms with van der Waals surface area (Å²) < 4.78 is 0. The number of nitrogens with one attached hydrogen (secondary N) is 3. The fourth-order valence-electron chi connectivity index (χ4n) is 2.01. The molecule has 3 amide bonds. The van der Waals surface area contributed by atoms with Crippen molar-refractivity contribution in [3.8, 4) is 0 Å². The lowest BCUT2D eigenvalue weighted by atomic mass is 10.0. The maximum Gasteiger partial charge on any atom is 0.328 e. The standard InChI is InChI=1S/C15H28N4O8/c1-7(2)3-8(16)12(23)17-9(4-20)13(24)18-10(5-21)14(25)19-11(6-22)15(26)27/h7-11,20-22H,3-6,16H2,1-2H3,(H,17,23)(H,18,24)(H,19,25)(H,26,27). The lowest BCUT2D eigenvalue weighted by molar-refractivity contribution is -0.143. The molecule has 9 N–H and O–H groups in total. The molecule has 0 saturated carbocycles. The molecular formula is C15H28N4O8. The Morgan fingerprint density at radius 3 is 1.48 bits per heavy atom. The number of carbonyl (C=O) groups excluding carboxylic acids is 3. The number of carboxylic acid groups (broad SMARTS) is 1. The summed E-state index contributed by atoms with van der Waals surface area (Å²) in [6, 6.07) is -5.50. The average Bonchev–Trinajstić information content (AvgIpc) is 2.60. The zero-order chi connectivity index (χ0) is 21.1. The quantitative estimate of drug-likeness (QED) is 0.162. The largest absolute Gasteiger partial charge is 0.480 e. The van der Waals surface area contributed by atoms with Gasteiger partial charge in [-0.15, -0.1) is 0 Å². The predicted molar refractivity (Wildman–Crippen MR) is 92.1 cm³/mol. The van der Waals surface area contributed by atoms with Gasteiger partial charge in [-0.05, 0) is 12.3 Å². The number of hydrogen-bond donors (Lipinski definition) is 8. The van der Waals surface area contributed by atoms with E-state index >= 15 is 0 Å². The molecule has 0 aromatic heterocycles. The number of amides is 3. The van der Waals surface area contributed by atoms with E-state index in [2.05, 4.69) is 10.6 Å². The highest BCUT2D eigenvalue weighted by Crippen LogP contribution is 2.03. The number of rotatable bonds is 12. The topological polar surface area (TPSA) is 211 Å². The number of hydrogen-bond acceptors (Lipinski definition) is 8. The average molecular weight is 392 g/mol. The first-order valence-corrected chi connectivity index (χ1v) is 8.29. The van der Waals surface area contributed by atoms with Crippen molar-refractivity contribution in [3.63, 3.8) is 0 Å². The summed E-state index contributed by atoms with van der Waals surface area (Å²) in [6.07, 6.45) is 0.352. The highest BCUT2D eigenvalue weighted by atomic mass is 16.4. The van der Waals surface area contributed by atoms with Gasteiger partial charge >= 0.3 is 5.97 Å². The van der Waals surface area contributed by atoms with Crippen LogP contribution in [0.5, 0.6) is 0 Å². The maximum atomic E-state index is 12.1. The molecule has 0 radical (unpaired) electrons. The minimum Gasteiger partial charge on any atom is -0.480 e. The van der Waals surface area contributed by atoms with Crippen molar-refractivity contribution in [2.24, 2.45) is 11.7 Å². The summed E-state index contributed by atoms with van der Waals surface area (Å²) in [5.41, 5.74) is 5.69. The maximum absolute atomic E-state index is 12.1. The van der Waals surface area contributed by atoms with Crippen LogP contribution in [0, 0.1) is 5.92 Å². The SMILES string of the molecule is CC(C)CC(N)C(=O)NC(CO)C(=O)NC(CO)C(=O)NC(CO)C(=O)O. The summed E-state index contributed by atoms with van der Waals surface area (Å²) in [4.78, 5) is 46.8. The highest BCUT2D eigenvalue weighted by Gasteiger charge is 2.29. The van der Waals surface area contributed by atoms with Crippen LogP contribution < -0.4 is 21.7 Å². The van der Waals surface area contributed by atoms with E-state index in [1.54, 1.807) is 0 Å². The number of carboxylic acids is 1. The molecule has 0 bridgehead atoms. The predicted octanol–water partition coefficient (Wildman–Crippen LogP) is -4.12. The van der Waals surface area contributed by atoms with Crippen LogP contribution >= 0.6 is 0 Å². The third kappa shape index (κ3) is 8.77. The Morgan fingerprint density at radius 1 is 0.778 bits per heavy atom. The zero-order valence-corrected chi connectivity index (χ0v) is 15.2. The zero-order valence-electron chi connectivity index (χ0n) is 15.2. The van der Waals surface area contributed by atoms with Crippen LogP contribution in [0.15, 0.2) is 0 Å². The molecule has 0 aliphatic heterocycles. The Kier molecular flexibility index (Phi) is 11.1. The van der Waals surface area contributed by atoms with Crippen LogP contribution in [-0.4, -0.2) is 88.1 Å². The van der Waals surface area contributed by atoms with Gasteiger partial charge in [-0.25, -0.2) is 4.79 Å². The summed E-state index contributed by atoms with van der Waals surface area (Å²) in [6.45, 7) is 1.14. The molecule has 156 valence electrons. The molecule has 27 heavy (non-hydrogen) atoms. The number of nitrogens with two attached hydrogens (primary N) is 1. The van der Waals surface area contributed by atoms with E-state index in [9.17, 15) is 29.4 Å². The minimum absolute atomic E-state index is 0.128. The number of aliphatic carboxylic acids is 1. The van der Waals surface area contributed by atoms with Crippen molar-refractivity contribution < 1.29 is 39.6 Å². The van der Waals surface area contributed by atoms with Crippen molar-refractivity contribution in [3.05, 3.63) is 0 Å². The van der Waals surface area contributed by atoms with Gasteiger partial charge in [0.05, 0.1) is 25.9 Å². The van der Waals surface area contributed by atoms with E-state index in [-0.39, 0.29) is 5.92 Å². The smallest absolute Gasteiger partial charge is 0.328 e. The van der Waals surface area contributed by atoms with Crippen LogP contribution in [0.1, 0.15) is 20.3 Å². The lowest BCUT2D eigenvalue weighted by Gasteiger charge is -2.23. The number of aliphatic hydroxyl groups excluding tert-OH is 3. The molecule has 0 aromatic rings. The molecule has 0 saturated heterocycles. The molecular weight excluding hydrogens is 364 g/mol. The summed E-state index contributed by atoms with van der Waals surface area (Å²) in [5, 5.41) is 42.4. The first-order chi connectivity index (χ1) is 12.6. The second-order valence-electron chi connectivity index (χ2n) is 6.31. The highest BCUT2D eigenvalue weighted by molar-refractivity contribution is 5.94. The summed E-state index contributed by atoms with van der Waals surface area (Å²) in [7, 11) is 0. The lowest BCUT2D eigenvalue weighted by Crippen LogP contribution is -2.59. The van der Waals surface area contributed by atoms with E-state index in [1.807, 2.05) is 19.2 Å². The Bertz CT molecular complexity index is 528. The normalized spacial score (nSPS) is 15.4. The van der Waals surface area contributed by atoms with E-state index in [4.69, 9.17) is 15.9 Å². The fraction of sp³-hybridized carbons (Fsp3) is 0.733. The van der Waals surface area contributed by atoms with Crippen molar-refractivity contribution in [2.45, 2.75) is 44.4 Å². The van der Waals surface area contributed by atoms with Crippen LogP contribution in [0.4, 0.5) is 0 Å². The van der Waals surface area contributed by atoms with Gasteiger partial charge in [0.2, 0.25) is 17.7 Å². The van der Waals surface area contributed by atoms with Gasteiger partial charge in [0.1, 0.15) is 18.1 Å². The molecule has 0 rings (SSSR count). The van der Waals surface area contributed by atoms with Gasteiger partial charge in [-0.1, -0.05) is 13.8 Å². The van der Waals surface area contributed by atoms with Crippen molar-refractivity contribution in [2.75, 3.05) is 19.8 Å². The van der Waals surface area contributed by atoms with Crippen molar-refractivity contribution >= 4 is 23.7 Å². The van der Waals surface area contributed by atoms with E-state index in [1.165, 1.54) is 0 Å². The van der Waals surface area contributed by atoms with Gasteiger partial charge in [0.15, 0.2) is 0 Å². The van der Waals surface area contributed by atoms with Gasteiger partial charge in [-0.2, -0.15) is 0 Å². The monoisotopic (exact) mass is 392 g/mol. The molecule has 12 nitrogen and oxygen atoms in total. The van der Waals surface area contributed by atoms with Crippen LogP contribution in [-0.2, 0) is 19.2 Å². The Labute approximate surface area is 156 Å². The Balaban J connectivity index is 4.88. The van der Waals surface area contributed by atoms with E-state index < -0.39 is 67.7 Å². The molecule has 0 aromatic carbocycles. The Morgan fingerprint density at radius 2 is 1.15 bits per heavy atom. The molecule has 4 unspecified atom stereocenters. The summed E-state index contributed by atoms with van der Waals surface area (Å²) in [5.74, 6) is -4.09. The van der Waals surface area contributed by atoms with Crippen molar-refractivity contribution in [1.29, 1.82) is 0 Å². The van der Waals surface area contributed by atoms with Gasteiger partial charge in [-0.3, -0.25) is 14.4 Å². The third-order valence-corrected chi connectivity index (χ3v) is 3.49. The molecule has 0 aliphatic rings. The number of carbonyl (C=O) groups is 4. The first kappa shape index (κ1) is 24.7. The molecule has 0 heterocycles. The van der Waals surface area contributed by atoms with Crippen LogP contribution in [0.3, 0.4) is 0 Å². The van der Waals surface area contributed by atoms with Crippen LogP contribution in [0.2, 0.25) is 0 Å². The van der Waals surface area contributed by atoms with Gasteiger partial charge in [0, 0.05) is 0 Å². The number of aliphatic hydroxyl groups is 3. The molecule has 4 atom stereocenters. The van der Waals surface area contributed by atoms with Crippen molar-refractivity contribution in [1.82, 2.24) is 16.0 Å². The van der Waals surface area contributed by atoms with E-state index in [0.29, 0.717) is 6.42 Å². The molecule has 0 spiro atoms. The fourth-order valence-corrected chi connectivity index (χ4v) is 2.01. The first-order valence-electron chi connectivity index (χ1n) is 8.29. The van der Waals surface area contributed by atoms with Crippen LogP contribution in [0.25, 0.3) is 0 Å². The summed E-state index contributed by atoms with van der Waals surface area (Å²) >= 11 is 0. The molecule has 12 heteroatoms. The third-order valence-electron chi connectivity index (χ3n) is 3.49. The van der Waals surface area contributed by atoms with Gasteiger partial charge in [0.25, 0.3) is 0 Å². The second-order valence-corrected chi connectivity index (χ2v) is 6.31. The van der Waals surface area contributed by atoms with Gasteiger partial charge < -0.3 is 42.1 Å². The molecule has 0 fully saturated rings. The minimum atomic E-state index is -1.62. The molecule has 0 aliphatic carbocycles. The second kappa shape index (κ2) is 12.2. The van der Waals surface area contributed by atoms with E-state index in [0.717, 1.165) is 0 Å². The Hall–Kier alpha value is -2.28.